The first kappa shape index (κ1) is 85.7. The fourth-order valence-corrected chi connectivity index (χ4v) is 7.49. The Morgan fingerprint density at radius 2 is 0.716 bits per heavy atom. The maximum absolute atomic E-state index is 11.0. The van der Waals surface area contributed by atoms with E-state index in [1.165, 1.54) is 55.1 Å². The van der Waals surface area contributed by atoms with Crippen molar-refractivity contribution in [1.29, 1.82) is 0 Å². The van der Waals surface area contributed by atoms with Gasteiger partial charge >= 0.3 is 40.5 Å². The van der Waals surface area contributed by atoms with E-state index >= 15 is 0 Å². The van der Waals surface area contributed by atoms with Crippen molar-refractivity contribution in [2.75, 3.05) is 11.5 Å². The Hall–Kier alpha value is -9.32. The zero-order valence-corrected chi connectivity index (χ0v) is 55.2. The van der Waals surface area contributed by atoms with Crippen molar-refractivity contribution in [3.05, 3.63) is 219 Å². The van der Waals surface area contributed by atoms with Gasteiger partial charge in [0.15, 0.2) is 12.6 Å². The summed E-state index contributed by atoms with van der Waals surface area (Å²) in [5.41, 5.74) is 15.7. The standard InChI is InChI=1S/C9H6ClN3O.C9H5ClN2O2.C8H4Cl2N2.C7H3ClN2O6.C7H7ClN2O2.C7H4ClNO4.C2H2O2.Cl3OP.Fe.HNO3/c10-6-2-1-5(9(11)14)7-8(6)13-4-3-12-7;10-6-2-1-5(9(13)14)7-8(6)12-4-3-11-7;9-5-1-2-6(10)8-7(5)11-3-4-12-8;8-4-2-1-3(7(11)12)5(9(13)14)6(4)10(15)16;8-4-2-1-3(7(11)12)5(9)6(4)10;8-4-1-2-5(7(10)11)6(3-4)9(12)13;3-1-2-4;1-5(2,3)4;;2-1(3)4/h1-4H,(H2,11,14);1-4H,(H,13,14);1-4H;1-2H,(H,11,12);1-2H,9-10H2,(H,11,12);1-3H,(H,10,11);1-2H;;;(H,2,3,4). The summed E-state index contributed by atoms with van der Waals surface area (Å²) in [5.74, 6) is -5.66. The fourth-order valence-electron chi connectivity index (χ4n) is 6.13. The van der Waals surface area contributed by atoms with Crippen LogP contribution < -0.4 is 17.2 Å². The van der Waals surface area contributed by atoms with Gasteiger partial charge < -0.3 is 42.8 Å². The molecule has 11 N–H and O–H groups in total. The number of aldehydes is 2. The molecule has 34 nitrogen and oxygen atoms in total. The van der Waals surface area contributed by atoms with Crippen molar-refractivity contribution in [2.24, 2.45) is 5.73 Å². The maximum Gasteiger partial charge on any atom is 0.365 e. The summed E-state index contributed by atoms with van der Waals surface area (Å²) in [7, 11) is 0. The van der Waals surface area contributed by atoms with Crippen LogP contribution in [0.3, 0.4) is 0 Å². The fraction of sp³-hybridized carbons (Fsp3) is 0. The van der Waals surface area contributed by atoms with E-state index in [4.69, 9.17) is 144 Å². The average Bonchev–Trinajstić information content (AvgIpc) is 0.910. The molecule has 502 valence electrons. The number of carboxylic acids is 4. The van der Waals surface area contributed by atoms with E-state index in [0.29, 0.717) is 58.8 Å². The largest absolute Gasteiger partial charge is 0.478 e. The molecule has 0 aliphatic carbocycles. The molecular weight excluding hydrogens is 1550 g/mol. The van der Waals surface area contributed by atoms with Gasteiger partial charge in [0.25, 0.3) is 16.7 Å². The number of aromatic nitrogens is 6. The van der Waals surface area contributed by atoms with Gasteiger partial charge in [0, 0.05) is 65.3 Å². The Kier molecular flexibility index (Phi) is 37.3. The molecule has 9 aromatic rings. The molecule has 0 spiro atoms. The van der Waals surface area contributed by atoms with Crippen molar-refractivity contribution >= 4 is 224 Å². The number of carbonyl (C=O) groups is 7. The molecule has 0 aliphatic heterocycles. The number of benzene rings is 6. The molecule has 0 fully saturated rings. The normalized spacial score (nSPS) is 9.66. The molecule has 46 heteroatoms. The van der Waals surface area contributed by atoms with E-state index in [-0.39, 0.29) is 67.8 Å². The SMILES string of the molecule is Clc1ccc(Cl)c2nccnc12.NC(=O)c1ccc(Cl)c2nccnc12.Nc1c(Cl)ccc(C(=O)O)c1N.O=C(O)c1ccc(Cl)c([N+](=O)[O-])c1[N+](=O)[O-].O=C(O)c1ccc(Cl)c2nccnc12.O=C(O)c1ccc(Cl)cc1[N+](=O)[O-].O=CC=O.O=P(Cl)(Cl)Cl.O=[N+]([O-])O.[Fe]. The molecule has 0 bridgehead atoms. The van der Waals surface area contributed by atoms with Gasteiger partial charge in [-0.25, -0.2) is 19.2 Å². The van der Waals surface area contributed by atoms with Crippen LogP contribution in [0.2, 0.25) is 35.2 Å². The number of hydrogen-bond donors (Lipinski definition) is 8. The Balaban J connectivity index is 0.00000107. The molecule has 3 aromatic heterocycles. The third kappa shape index (κ3) is 28.4. The first-order chi connectivity index (χ1) is 43.7. The van der Waals surface area contributed by atoms with E-state index in [9.17, 15) is 58.9 Å². The number of hydrogen-bond acceptors (Lipinski definition) is 24. The Labute approximate surface area is 587 Å². The van der Waals surface area contributed by atoms with Crippen LogP contribution in [0.5, 0.6) is 0 Å². The van der Waals surface area contributed by atoms with Crippen LogP contribution >= 0.6 is 120 Å². The van der Waals surface area contributed by atoms with Gasteiger partial charge in [0.1, 0.15) is 49.2 Å². The van der Waals surface area contributed by atoms with Crippen molar-refractivity contribution in [1.82, 2.24) is 29.9 Å². The number of nitro groups is 3. The summed E-state index contributed by atoms with van der Waals surface area (Å²) in [6.07, 6.45) is 9.48. The molecule has 3 heterocycles. The van der Waals surface area contributed by atoms with Gasteiger partial charge in [-0.1, -0.05) is 81.2 Å². The van der Waals surface area contributed by atoms with Crippen LogP contribution in [-0.2, 0) is 31.2 Å². The van der Waals surface area contributed by atoms with E-state index in [1.807, 2.05) is 0 Å². The minimum absolute atomic E-state index is 0. The quantitative estimate of drug-likeness (QED) is 0.0127. The Morgan fingerprint density at radius 3 is 1.05 bits per heavy atom. The van der Waals surface area contributed by atoms with Crippen LogP contribution in [0.25, 0.3) is 33.1 Å². The number of anilines is 2. The number of primary amides is 1. The van der Waals surface area contributed by atoms with Crippen LogP contribution in [0.15, 0.2) is 116 Å². The summed E-state index contributed by atoms with van der Waals surface area (Å²) in [6.45, 7) is 0. The number of nitrogen functional groups attached to an aromatic ring is 2. The number of amides is 1. The van der Waals surface area contributed by atoms with E-state index < -0.39 is 82.5 Å². The minimum Gasteiger partial charge on any atom is -0.478 e. The summed E-state index contributed by atoms with van der Waals surface area (Å²) in [6, 6.07) is 17.3. The predicted octanol–water partition coefficient (Wildman–Crippen LogP) is 13.1. The molecule has 95 heavy (non-hydrogen) atoms. The zero-order chi connectivity index (χ0) is 72.1. The van der Waals surface area contributed by atoms with Crippen molar-refractivity contribution in [3.8, 4) is 0 Å². The smallest absolute Gasteiger partial charge is 0.365 e. The number of carbonyl (C=O) groups excluding carboxylic acids is 3. The first-order valence-electron chi connectivity index (χ1n) is 23.1. The number of rotatable bonds is 9. The summed E-state index contributed by atoms with van der Waals surface area (Å²) >= 11 is 53.8. The molecular formula is C49H32Cl10FeN13O21P. The summed E-state index contributed by atoms with van der Waals surface area (Å²) < 4.78 is 9.51. The zero-order valence-electron chi connectivity index (χ0n) is 45.7. The van der Waals surface area contributed by atoms with Crippen molar-refractivity contribution in [3.63, 3.8) is 0 Å². The second kappa shape index (κ2) is 41.4. The molecule has 0 saturated carbocycles. The van der Waals surface area contributed by atoms with Gasteiger partial charge in [0.2, 0.25) is 0 Å². The number of halogens is 10. The second-order valence-corrected chi connectivity index (χ2v) is 25.1. The Bertz CT molecular complexity index is 4270. The number of nitrogens with two attached hydrogens (primary N) is 3. The molecule has 1 amide bonds. The monoisotopic (exact) mass is 1570 g/mol. The van der Waals surface area contributed by atoms with E-state index in [0.717, 1.165) is 24.3 Å². The van der Waals surface area contributed by atoms with Crippen LogP contribution in [0.1, 0.15) is 51.8 Å². The third-order valence-electron chi connectivity index (χ3n) is 9.78. The molecule has 0 radical (unpaired) electrons. The minimum atomic E-state index is -3.22. The van der Waals surface area contributed by atoms with Crippen molar-refractivity contribution < 1.29 is 101 Å². The number of aromatic carboxylic acids is 4. The second-order valence-electron chi connectivity index (χ2n) is 15.6. The number of fused-ring (bicyclic) bond motifs is 3. The Morgan fingerprint density at radius 1 is 0.432 bits per heavy atom. The van der Waals surface area contributed by atoms with E-state index in [1.54, 1.807) is 36.7 Å². The number of nitro benzene ring substituents is 3. The molecule has 0 atom stereocenters. The molecule has 0 saturated heterocycles. The van der Waals surface area contributed by atoms with Gasteiger partial charge in [-0.2, -0.15) is 0 Å². The van der Waals surface area contributed by atoms with Gasteiger partial charge in [-0.05, 0) is 107 Å². The van der Waals surface area contributed by atoms with Gasteiger partial charge in [-0.15, -0.1) is 10.1 Å². The maximum atomic E-state index is 11.0. The van der Waals surface area contributed by atoms with Gasteiger partial charge in [0.05, 0.1) is 67.9 Å². The average molecular weight is 1580 g/mol. The number of carboxylic acid groups (broad SMARTS) is 4. The summed E-state index contributed by atoms with van der Waals surface area (Å²) in [4.78, 5) is 132. The number of nitrogens with zero attached hydrogens (tertiary/aromatic N) is 10. The van der Waals surface area contributed by atoms with Gasteiger partial charge in [-0.3, -0.25) is 79.2 Å². The molecule has 0 aliphatic rings. The van der Waals surface area contributed by atoms with Crippen LogP contribution in [0, 0.1) is 40.5 Å². The topological polar surface area (TPSA) is 566 Å². The molecule has 9 rings (SSSR count). The predicted molar refractivity (Wildman–Crippen MR) is 344 cm³/mol. The third-order valence-corrected chi connectivity index (χ3v) is 11.9. The molecule has 6 aromatic carbocycles. The van der Waals surface area contributed by atoms with Crippen LogP contribution in [-0.4, -0.2) is 118 Å². The first-order valence-corrected chi connectivity index (χ1v) is 30.2. The van der Waals surface area contributed by atoms with Crippen molar-refractivity contribution in [2.45, 2.75) is 0 Å². The summed E-state index contributed by atoms with van der Waals surface area (Å²) in [5, 5.41) is 78.5. The molecule has 0 unspecified atom stereocenters. The van der Waals surface area contributed by atoms with E-state index in [2.05, 4.69) is 63.6 Å². The van der Waals surface area contributed by atoms with Crippen LogP contribution in [0.4, 0.5) is 28.4 Å².